The van der Waals surface area contributed by atoms with Gasteiger partial charge in [0.1, 0.15) is 0 Å². The van der Waals surface area contributed by atoms with Crippen molar-refractivity contribution >= 4 is 20.0 Å². The van der Waals surface area contributed by atoms with Gasteiger partial charge in [-0.2, -0.15) is 0 Å². The average Bonchev–Trinajstić information content (AvgIpc) is 0.722. The molecule has 0 heterocycles. The SMILES string of the molecule is O[Si](O)(O)O.[SiH4].[V]. The molecule has 0 amide bonds. The summed E-state index contributed by atoms with van der Waals surface area (Å²) in [5.41, 5.74) is 0. The molecule has 0 fully saturated rings. The van der Waals surface area contributed by atoms with E-state index in [0.29, 0.717) is 0 Å². The van der Waals surface area contributed by atoms with E-state index in [-0.39, 0.29) is 29.5 Å². The summed E-state index contributed by atoms with van der Waals surface area (Å²) in [6.07, 6.45) is 0. The molecule has 4 nitrogen and oxygen atoms in total. The standard InChI is InChI=1S/H4O4Si.H4Si.V/c1-5(2,3)4;;/h1-4H;1H4;. The zero-order valence-corrected chi connectivity index (χ0v) is 5.13. The third kappa shape index (κ3) is 220. The Labute approximate surface area is 58.2 Å². The van der Waals surface area contributed by atoms with Crippen LogP contribution in [0.15, 0.2) is 0 Å². The van der Waals surface area contributed by atoms with Crippen LogP contribution in [0.5, 0.6) is 0 Å². The van der Waals surface area contributed by atoms with Crippen LogP contribution in [0.1, 0.15) is 0 Å². The quantitative estimate of drug-likeness (QED) is 0.285. The van der Waals surface area contributed by atoms with Crippen LogP contribution in [-0.2, 0) is 18.6 Å². The van der Waals surface area contributed by atoms with Gasteiger partial charge in [0.05, 0.1) is 0 Å². The van der Waals surface area contributed by atoms with Crippen molar-refractivity contribution in [1.82, 2.24) is 0 Å². The first-order chi connectivity index (χ1) is 2.00. The number of rotatable bonds is 0. The Kier molecular flexibility index (Phi) is 11.2. The molecule has 0 aliphatic carbocycles. The van der Waals surface area contributed by atoms with Gasteiger partial charge in [0.25, 0.3) is 0 Å². The van der Waals surface area contributed by atoms with Crippen molar-refractivity contribution < 1.29 is 37.7 Å². The second-order valence-electron chi connectivity index (χ2n) is 0.600. The van der Waals surface area contributed by atoms with E-state index in [1.54, 1.807) is 0 Å². The summed E-state index contributed by atoms with van der Waals surface area (Å²) >= 11 is 0. The van der Waals surface area contributed by atoms with Gasteiger partial charge >= 0.3 is 9.05 Å². The van der Waals surface area contributed by atoms with Crippen molar-refractivity contribution in [2.45, 2.75) is 0 Å². The summed E-state index contributed by atoms with van der Waals surface area (Å²) in [5.74, 6) is 0. The van der Waals surface area contributed by atoms with Crippen LogP contribution in [0.2, 0.25) is 0 Å². The summed E-state index contributed by atoms with van der Waals surface area (Å²) in [4.78, 5) is 29.3. The van der Waals surface area contributed by atoms with Gasteiger partial charge in [-0.05, 0) is 11.0 Å². The van der Waals surface area contributed by atoms with Crippen molar-refractivity contribution in [3.63, 3.8) is 0 Å². The predicted molar refractivity (Wildman–Crippen MR) is 26.0 cm³/mol. The van der Waals surface area contributed by atoms with Crippen LogP contribution in [0.25, 0.3) is 0 Å². The first-order valence-corrected chi connectivity index (χ1v) is 2.68. The van der Waals surface area contributed by atoms with Gasteiger partial charge in [0.2, 0.25) is 0 Å². The fourth-order valence-electron chi connectivity index (χ4n) is 0. The maximum absolute atomic E-state index is 7.33. The van der Waals surface area contributed by atoms with Crippen LogP contribution in [0.4, 0.5) is 0 Å². The van der Waals surface area contributed by atoms with E-state index < -0.39 is 9.05 Å². The maximum Gasteiger partial charge on any atom is 0.668 e. The van der Waals surface area contributed by atoms with E-state index in [9.17, 15) is 0 Å². The minimum atomic E-state index is -4.61. The molecule has 0 unspecified atom stereocenters. The summed E-state index contributed by atoms with van der Waals surface area (Å²) in [5, 5.41) is 0. The second-order valence-corrected chi connectivity index (χ2v) is 1.80. The smallest absolute Gasteiger partial charge is 0.368 e. The molecule has 0 aromatic carbocycles. The molecule has 4 N–H and O–H groups in total. The molecule has 0 aromatic heterocycles. The molecule has 0 saturated heterocycles. The van der Waals surface area contributed by atoms with Gasteiger partial charge < -0.3 is 19.2 Å². The molecule has 0 aliphatic rings. The van der Waals surface area contributed by atoms with Gasteiger partial charge in [-0.25, -0.2) is 0 Å². The average molecular weight is 179 g/mol. The fraction of sp³-hybridized carbons (Fsp3) is 0. The van der Waals surface area contributed by atoms with Crippen molar-refractivity contribution in [2.24, 2.45) is 0 Å². The first-order valence-electron chi connectivity index (χ1n) is 0.894. The zero-order chi connectivity index (χ0) is 4.50. The Morgan fingerprint density at radius 3 is 0.857 bits per heavy atom. The molecule has 0 aliphatic heterocycles. The molecule has 0 rings (SSSR count). The zero-order valence-electron chi connectivity index (χ0n) is 2.74. The maximum atomic E-state index is 7.33. The molecule has 0 aromatic rings. The van der Waals surface area contributed by atoms with Crippen LogP contribution in [0, 0.1) is 0 Å². The molecule has 45 valence electrons. The predicted octanol–water partition coefficient (Wildman–Crippen LogP) is -4.06. The van der Waals surface area contributed by atoms with E-state index in [0.717, 1.165) is 0 Å². The molecule has 7 heavy (non-hydrogen) atoms. The molecule has 0 saturated carbocycles. The minimum absolute atomic E-state index is 0. The Morgan fingerprint density at radius 2 is 0.857 bits per heavy atom. The summed E-state index contributed by atoms with van der Waals surface area (Å²) in [6, 6.07) is 0. The van der Waals surface area contributed by atoms with Gasteiger partial charge in [0.15, 0.2) is 0 Å². The van der Waals surface area contributed by atoms with Crippen LogP contribution in [0.3, 0.4) is 0 Å². The fourth-order valence-corrected chi connectivity index (χ4v) is 0. The molecular formula is H8O4Si2V. The molecule has 0 bridgehead atoms. The summed E-state index contributed by atoms with van der Waals surface area (Å²) in [7, 11) is -4.61. The Morgan fingerprint density at radius 1 is 0.857 bits per heavy atom. The summed E-state index contributed by atoms with van der Waals surface area (Å²) < 4.78 is 0. The minimum Gasteiger partial charge on any atom is -0.368 e. The van der Waals surface area contributed by atoms with E-state index in [1.165, 1.54) is 0 Å². The Balaban J connectivity index is -0.0000000800. The van der Waals surface area contributed by atoms with Crippen molar-refractivity contribution in [2.75, 3.05) is 0 Å². The third-order valence-corrected chi connectivity index (χ3v) is 0. The topological polar surface area (TPSA) is 80.9 Å². The van der Waals surface area contributed by atoms with Crippen molar-refractivity contribution in [3.05, 3.63) is 0 Å². The van der Waals surface area contributed by atoms with E-state index in [4.69, 9.17) is 19.2 Å². The van der Waals surface area contributed by atoms with Crippen LogP contribution < -0.4 is 0 Å². The van der Waals surface area contributed by atoms with Crippen LogP contribution >= 0.6 is 0 Å². The molecule has 7 heteroatoms. The van der Waals surface area contributed by atoms with Gasteiger partial charge in [0, 0.05) is 18.6 Å². The Hall–Kier alpha value is 0.858. The van der Waals surface area contributed by atoms with Crippen molar-refractivity contribution in [3.8, 4) is 0 Å². The normalized spacial score (nSPS) is 8.57. The summed E-state index contributed by atoms with van der Waals surface area (Å²) in [6.45, 7) is 0. The van der Waals surface area contributed by atoms with Gasteiger partial charge in [-0.3, -0.25) is 0 Å². The first kappa shape index (κ1) is 15.7. The Bertz CT molecular complexity index is 25.2. The van der Waals surface area contributed by atoms with E-state index >= 15 is 0 Å². The second kappa shape index (κ2) is 5.00. The monoisotopic (exact) mass is 179 g/mol. The van der Waals surface area contributed by atoms with Gasteiger partial charge in [-0.15, -0.1) is 0 Å². The largest absolute Gasteiger partial charge is 0.668 e. The van der Waals surface area contributed by atoms with Crippen molar-refractivity contribution in [1.29, 1.82) is 0 Å². The molecular weight excluding hydrogens is 171 g/mol. The van der Waals surface area contributed by atoms with Crippen LogP contribution in [-0.4, -0.2) is 39.2 Å². The third-order valence-electron chi connectivity index (χ3n) is 0. The molecule has 0 spiro atoms. The molecule has 1 radical (unpaired) electrons. The van der Waals surface area contributed by atoms with E-state index in [1.807, 2.05) is 0 Å². The number of hydrogen-bond donors (Lipinski definition) is 4. The van der Waals surface area contributed by atoms with Gasteiger partial charge in [-0.1, -0.05) is 0 Å². The number of hydrogen-bond acceptors (Lipinski definition) is 4. The molecule has 0 atom stereocenters. The van der Waals surface area contributed by atoms with E-state index in [2.05, 4.69) is 0 Å².